The molecule has 0 aliphatic carbocycles. The van der Waals surface area contributed by atoms with Crippen molar-refractivity contribution < 1.29 is 23.1 Å². The fourth-order valence-electron chi connectivity index (χ4n) is 4.61. The molecule has 2 aliphatic rings. The van der Waals surface area contributed by atoms with Crippen LogP contribution in [0.3, 0.4) is 0 Å². The van der Waals surface area contributed by atoms with Gasteiger partial charge in [-0.05, 0) is 31.2 Å². The van der Waals surface area contributed by atoms with Gasteiger partial charge in [0, 0.05) is 57.0 Å². The Morgan fingerprint density at radius 2 is 1.97 bits per heavy atom. The summed E-state index contributed by atoms with van der Waals surface area (Å²) in [6, 6.07) is 9.23. The summed E-state index contributed by atoms with van der Waals surface area (Å²) < 4.78 is 31.7. The van der Waals surface area contributed by atoms with E-state index in [1.165, 1.54) is 23.1 Å². The summed E-state index contributed by atoms with van der Waals surface area (Å²) in [5, 5.41) is 0.338. The second kappa shape index (κ2) is 9.22. The van der Waals surface area contributed by atoms with Crippen molar-refractivity contribution in [1.29, 1.82) is 0 Å². The van der Waals surface area contributed by atoms with Crippen molar-refractivity contribution in [3.63, 3.8) is 0 Å². The lowest BCUT2D eigenvalue weighted by Gasteiger charge is -2.32. The number of nitrogens with zero attached hydrogens (tertiary/aromatic N) is 3. The number of anilines is 2. The van der Waals surface area contributed by atoms with Gasteiger partial charge in [-0.2, -0.15) is 0 Å². The maximum absolute atomic E-state index is 14.1. The van der Waals surface area contributed by atoms with Gasteiger partial charge in [0.1, 0.15) is 23.8 Å². The molecule has 1 atom stereocenters. The lowest BCUT2D eigenvalue weighted by atomic mass is 10.0. The van der Waals surface area contributed by atoms with Crippen LogP contribution in [0, 0.1) is 5.82 Å². The monoisotopic (exact) mass is 481 g/mol. The van der Waals surface area contributed by atoms with E-state index in [-0.39, 0.29) is 23.3 Å². The molecule has 3 heterocycles. The highest BCUT2D eigenvalue weighted by atomic mass is 19.1. The number of carbonyl (C=O) groups excluding carboxylic acids is 1. The number of amides is 1. The minimum Gasteiger partial charge on any atom is -0.490 e. The van der Waals surface area contributed by atoms with E-state index in [4.69, 9.17) is 13.9 Å². The third-order valence-corrected chi connectivity index (χ3v) is 6.34. The first-order valence-corrected chi connectivity index (χ1v) is 11.7. The van der Waals surface area contributed by atoms with Crippen LogP contribution in [0.1, 0.15) is 22.8 Å². The Morgan fingerprint density at radius 3 is 2.74 bits per heavy atom. The summed E-state index contributed by atoms with van der Waals surface area (Å²) in [4.78, 5) is 31.5. The van der Waals surface area contributed by atoms with Gasteiger partial charge in [-0.25, -0.2) is 4.39 Å². The van der Waals surface area contributed by atoms with E-state index >= 15 is 0 Å². The van der Waals surface area contributed by atoms with Crippen molar-refractivity contribution in [1.82, 2.24) is 4.90 Å². The lowest BCUT2D eigenvalue weighted by molar-refractivity contribution is 0.0517. The largest absolute Gasteiger partial charge is 0.490 e. The zero-order valence-corrected chi connectivity index (χ0v) is 20.0. The maximum Gasteiger partial charge on any atom is 0.253 e. The second-order valence-corrected chi connectivity index (χ2v) is 9.17. The lowest BCUT2D eigenvalue weighted by Crippen LogP contribution is -2.41. The molecule has 1 amide bonds. The average Bonchev–Trinajstić information content (AvgIpc) is 2.84. The number of benzene rings is 2. The molecule has 0 spiro atoms. The number of hydrogen-bond acceptors (Lipinski definition) is 7. The van der Waals surface area contributed by atoms with E-state index in [0.717, 1.165) is 0 Å². The molecule has 0 unspecified atom stereocenters. The van der Waals surface area contributed by atoms with E-state index in [9.17, 15) is 14.0 Å². The third kappa shape index (κ3) is 4.55. The fraction of sp³-hybridized carbons (Fsp3) is 0.385. The zero-order valence-electron chi connectivity index (χ0n) is 20.0. The smallest absolute Gasteiger partial charge is 0.253 e. The van der Waals surface area contributed by atoms with Crippen LogP contribution in [0.15, 0.2) is 45.6 Å². The molecule has 5 rings (SSSR count). The van der Waals surface area contributed by atoms with Gasteiger partial charge in [0.15, 0.2) is 11.3 Å². The van der Waals surface area contributed by atoms with Gasteiger partial charge in [0.2, 0.25) is 0 Å². The van der Waals surface area contributed by atoms with Crippen LogP contribution in [0.2, 0.25) is 0 Å². The molecular formula is C26H28FN3O5. The highest BCUT2D eigenvalue weighted by Gasteiger charge is 2.24. The average molecular weight is 482 g/mol. The molecular weight excluding hydrogens is 453 g/mol. The van der Waals surface area contributed by atoms with Gasteiger partial charge in [0.05, 0.1) is 30.3 Å². The number of fused-ring (bicyclic) bond motifs is 2. The van der Waals surface area contributed by atoms with Crippen LogP contribution < -0.4 is 20.0 Å². The molecule has 0 saturated carbocycles. The Bertz CT molecular complexity index is 1340. The van der Waals surface area contributed by atoms with E-state index in [1.807, 2.05) is 16.7 Å². The van der Waals surface area contributed by atoms with Gasteiger partial charge >= 0.3 is 0 Å². The molecule has 2 aliphatic heterocycles. The first-order chi connectivity index (χ1) is 16.8. The third-order valence-electron chi connectivity index (χ3n) is 6.34. The number of halogens is 1. The van der Waals surface area contributed by atoms with Gasteiger partial charge in [-0.1, -0.05) is 0 Å². The minimum absolute atomic E-state index is 0.0176. The molecule has 8 nitrogen and oxygen atoms in total. The standard InChI is InChI=1S/C26H28FN3O5/c1-16-14-30(7-8-33-16)24-13-22(31)20-11-17(26(32)28(2)3)10-18(25(20)35-24)15-29-6-9-34-23-5-4-19(27)12-21(23)29/h4-5,10-13,16H,6-9,14-15H2,1-3H3/t16-/m1/s1. The zero-order chi connectivity index (χ0) is 24.7. The molecule has 0 N–H and O–H groups in total. The summed E-state index contributed by atoms with van der Waals surface area (Å²) in [6.07, 6.45) is 0.0176. The maximum atomic E-state index is 14.1. The number of hydrogen-bond donors (Lipinski definition) is 0. The molecule has 0 radical (unpaired) electrons. The number of carbonyl (C=O) groups is 1. The highest BCUT2D eigenvalue weighted by Crippen LogP contribution is 2.35. The summed E-state index contributed by atoms with van der Waals surface area (Å²) in [7, 11) is 3.33. The van der Waals surface area contributed by atoms with Crippen molar-refractivity contribution in [2.24, 2.45) is 0 Å². The molecule has 35 heavy (non-hydrogen) atoms. The quantitative estimate of drug-likeness (QED) is 0.566. The van der Waals surface area contributed by atoms with E-state index in [0.29, 0.717) is 78.8 Å². The summed E-state index contributed by atoms with van der Waals surface area (Å²) >= 11 is 0. The number of rotatable bonds is 4. The molecule has 0 bridgehead atoms. The summed E-state index contributed by atoms with van der Waals surface area (Å²) in [6.45, 7) is 5.02. The predicted octanol–water partition coefficient (Wildman–Crippen LogP) is 3.26. The molecule has 3 aromatic rings. The Kier molecular flexibility index (Phi) is 6.10. The minimum atomic E-state index is -0.365. The van der Waals surface area contributed by atoms with Crippen LogP contribution in [-0.2, 0) is 11.3 Å². The van der Waals surface area contributed by atoms with Gasteiger partial charge in [-0.3, -0.25) is 9.59 Å². The second-order valence-electron chi connectivity index (χ2n) is 9.17. The Morgan fingerprint density at radius 1 is 1.14 bits per heavy atom. The SMILES string of the molecule is C[C@@H]1CN(c2cc(=O)c3cc(C(=O)N(C)C)cc(CN4CCOc5ccc(F)cc54)c3o2)CCO1. The van der Waals surface area contributed by atoms with Gasteiger partial charge < -0.3 is 28.6 Å². The van der Waals surface area contributed by atoms with Crippen molar-refractivity contribution >= 4 is 28.4 Å². The Balaban J connectivity index is 1.63. The van der Waals surface area contributed by atoms with Crippen molar-refractivity contribution in [2.75, 3.05) is 56.7 Å². The molecule has 1 aromatic heterocycles. The number of morpholine rings is 1. The van der Waals surface area contributed by atoms with Gasteiger partial charge in [0.25, 0.3) is 5.91 Å². The number of ether oxygens (including phenoxy) is 2. The molecule has 1 saturated heterocycles. The highest BCUT2D eigenvalue weighted by molar-refractivity contribution is 5.98. The van der Waals surface area contributed by atoms with Crippen molar-refractivity contribution in [2.45, 2.75) is 19.6 Å². The van der Waals surface area contributed by atoms with Crippen LogP contribution in [0.25, 0.3) is 11.0 Å². The van der Waals surface area contributed by atoms with E-state index in [2.05, 4.69) is 0 Å². The van der Waals surface area contributed by atoms with Gasteiger partial charge in [-0.15, -0.1) is 0 Å². The van der Waals surface area contributed by atoms with Crippen molar-refractivity contribution in [3.05, 3.63) is 63.6 Å². The van der Waals surface area contributed by atoms with E-state index in [1.54, 1.807) is 32.3 Å². The Labute approximate surface area is 202 Å². The molecule has 2 aromatic carbocycles. The molecule has 1 fully saturated rings. The van der Waals surface area contributed by atoms with E-state index < -0.39 is 0 Å². The van der Waals surface area contributed by atoms with Crippen LogP contribution in [0.5, 0.6) is 5.75 Å². The first kappa shape index (κ1) is 23.2. The molecule has 184 valence electrons. The summed E-state index contributed by atoms with van der Waals surface area (Å²) in [5.41, 5.74) is 1.89. The molecule has 9 heteroatoms. The topological polar surface area (TPSA) is 75.5 Å². The Hall–Kier alpha value is -3.59. The summed E-state index contributed by atoms with van der Waals surface area (Å²) in [5.74, 6) is 0.480. The van der Waals surface area contributed by atoms with Crippen LogP contribution >= 0.6 is 0 Å². The van der Waals surface area contributed by atoms with Crippen LogP contribution in [0.4, 0.5) is 16.0 Å². The van der Waals surface area contributed by atoms with Crippen LogP contribution in [-0.4, -0.2) is 63.9 Å². The van der Waals surface area contributed by atoms with Crippen molar-refractivity contribution in [3.8, 4) is 5.75 Å². The fourth-order valence-corrected chi connectivity index (χ4v) is 4.61. The first-order valence-electron chi connectivity index (χ1n) is 11.7. The normalized spacial score (nSPS) is 17.8. The predicted molar refractivity (Wildman–Crippen MR) is 131 cm³/mol.